The molecule has 0 aromatic heterocycles. The summed E-state index contributed by atoms with van der Waals surface area (Å²) in [4.78, 5) is 1.36. The molecule has 18 heavy (non-hydrogen) atoms. The van der Waals surface area contributed by atoms with Gasteiger partial charge in [0, 0.05) is 16.7 Å². The maximum atomic E-state index is 4.12. The zero-order valence-corrected chi connectivity index (χ0v) is 12.6. The van der Waals surface area contributed by atoms with Crippen LogP contribution in [0.4, 0.5) is 0 Å². The van der Waals surface area contributed by atoms with Crippen LogP contribution in [0.3, 0.4) is 0 Å². The maximum absolute atomic E-state index is 4.12. The number of nitrogens with one attached hydrogen (secondary N) is 1. The van der Waals surface area contributed by atoms with E-state index in [1.54, 1.807) is 0 Å². The summed E-state index contributed by atoms with van der Waals surface area (Å²) in [5, 5.41) is 3.55. The van der Waals surface area contributed by atoms with Gasteiger partial charge in [-0.1, -0.05) is 43.7 Å². The Morgan fingerprint density at radius 2 is 2.17 bits per heavy atom. The van der Waals surface area contributed by atoms with Crippen molar-refractivity contribution in [2.45, 2.75) is 44.6 Å². The Hall–Kier alpha value is -0.730. The Labute approximate surface area is 116 Å². The zero-order chi connectivity index (χ0) is 13.4. The first-order chi connectivity index (χ1) is 8.65. The van der Waals surface area contributed by atoms with Crippen LogP contribution in [0.5, 0.6) is 0 Å². The van der Waals surface area contributed by atoms with E-state index in [9.17, 15) is 0 Å². The van der Waals surface area contributed by atoms with E-state index in [2.05, 4.69) is 56.9 Å². The quantitative estimate of drug-likeness (QED) is 0.550. The topological polar surface area (TPSA) is 12.0 Å². The van der Waals surface area contributed by atoms with Gasteiger partial charge in [0.2, 0.25) is 0 Å². The van der Waals surface area contributed by atoms with Crippen molar-refractivity contribution in [1.29, 1.82) is 0 Å². The highest BCUT2D eigenvalue weighted by Gasteiger charge is 2.09. The van der Waals surface area contributed by atoms with E-state index in [1.807, 2.05) is 11.8 Å². The molecule has 0 radical (unpaired) electrons. The summed E-state index contributed by atoms with van der Waals surface area (Å²) < 4.78 is 0. The minimum Gasteiger partial charge on any atom is -0.313 e. The van der Waals surface area contributed by atoms with Gasteiger partial charge in [0.05, 0.1) is 0 Å². The third-order valence-electron chi connectivity index (χ3n) is 2.97. The molecule has 1 N–H and O–H groups in total. The molecule has 1 aromatic rings. The van der Waals surface area contributed by atoms with Gasteiger partial charge >= 0.3 is 0 Å². The lowest BCUT2D eigenvalue weighted by atomic mass is 10.1. The normalized spacial score (nSPS) is 12.4. The standard InChI is InChI=1S/C16H25NS/c1-5-13(3)10-15(17-6-2)12-18-16-9-7-8-14(4)11-16/h7-9,11,15,17H,3,5-6,10,12H2,1-2,4H3. The van der Waals surface area contributed by atoms with E-state index in [-0.39, 0.29) is 0 Å². The highest BCUT2D eigenvalue weighted by molar-refractivity contribution is 7.99. The molecule has 0 saturated carbocycles. The van der Waals surface area contributed by atoms with Crippen molar-refractivity contribution in [3.63, 3.8) is 0 Å². The summed E-state index contributed by atoms with van der Waals surface area (Å²) >= 11 is 1.93. The molecule has 0 aliphatic rings. The number of thioether (sulfide) groups is 1. The van der Waals surface area contributed by atoms with Crippen molar-refractivity contribution in [1.82, 2.24) is 5.32 Å². The van der Waals surface area contributed by atoms with E-state index in [0.717, 1.165) is 25.1 Å². The van der Waals surface area contributed by atoms with Gasteiger partial charge in [-0.3, -0.25) is 0 Å². The molecule has 0 fully saturated rings. The molecule has 100 valence electrons. The highest BCUT2D eigenvalue weighted by atomic mass is 32.2. The summed E-state index contributed by atoms with van der Waals surface area (Å²) in [5.74, 6) is 1.11. The molecule has 0 spiro atoms. The summed E-state index contributed by atoms with van der Waals surface area (Å²) in [7, 11) is 0. The molecule has 0 aliphatic heterocycles. The first-order valence-electron chi connectivity index (χ1n) is 6.75. The van der Waals surface area contributed by atoms with Crippen LogP contribution < -0.4 is 5.32 Å². The van der Waals surface area contributed by atoms with E-state index in [4.69, 9.17) is 0 Å². The summed E-state index contributed by atoms with van der Waals surface area (Å²) in [6, 6.07) is 9.25. The van der Waals surface area contributed by atoms with Gasteiger partial charge in [-0.05, 0) is 38.4 Å². The van der Waals surface area contributed by atoms with Crippen molar-refractivity contribution in [3.8, 4) is 0 Å². The van der Waals surface area contributed by atoms with Crippen molar-refractivity contribution in [2.75, 3.05) is 12.3 Å². The van der Waals surface area contributed by atoms with Crippen LogP contribution in [0.15, 0.2) is 41.3 Å². The maximum Gasteiger partial charge on any atom is 0.0198 e. The molecule has 0 aliphatic carbocycles. The Morgan fingerprint density at radius 3 is 2.78 bits per heavy atom. The Morgan fingerprint density at radius 1 is 1.39 bits per heavy atom. The van der Waals surface area contributed by atoms with Gasteiger partial charge in [0.15, 0.2) is 0 Å². The van der Waals surface area contributed by atoms with Crippen LogP contribution in [0.25, 0.3) is 0 Å². The minimum absolute atomic E-state index is 0.535. The lowest BCUT2D eigenvalue weighted by Crippen LogP contribution is -2.31. The zero-order valence-electron chi connectivity index (χ0n) is 11.8. The number of rotatable bonds is 8. The monoisotopic (exact) mass is 263 g/mol. The van der Waals surface area contributed by atoms with Crippen LogP contribution in [0.2, 0.25) is 0 Å². The lowest BCUT2D eigenvalue weighted by molar-refractivity contribution is 0.565. The predicted molar refractivity (Wildman–Crippen MR) is 83.4 cm³/mol. The molecule has 1 nitrogen and oxygen atoms in total. The molecule has 1 unspecified atom stereocenters. The summed E-state index contributed by atoms with van der Waals surface area (Å²) in [6.07, 6.45) is 2.17. The first kappa shape index (κ1) is 15.3. The third kappa shape index (κ3) is 5.74. The number of hydrogen-bond donors (Lipinski definition) is 1. The molecule has 0 amide bonds. The van der Waals surface area contributed by atoms with Gasteiger partial charge in [-0.2, -0.15) is 0 Å². The molecule has 1 atom stereocenters. The van der Waals surface area contributed by atoms with Gasteiger partial charge < -0.3 is 5.32 Å². The average Bonchev–Trinajstić information content (AvgIpc) is 2.36. The summed E-state index contributed by atoms with van der Waals surface area (Å²) in [5.41, 5.74) is 2.67. The molecule has 0 bridgehead atoms. The number of hydrogen-bond acceptors (Lipinski definition) is 2. The molecule has 0 heterocycles. The second kappa shape index (κ2) is 8.39. The smallest absolute Gasteiger partial charge is 0.0198 e. The average molecular weight is 263 g/mol. The molecule has 1 rings (SSSR count). The molecular formula is C16H25NS. The second-order valence-corrected chi connectivity index (χ2v) is 5.78. The van der Waals surface area contributed by atoms with Crippen molar-refractivity contribution in [3.05, 3.63) is 42.0 Å². The van der Waals surface area contributed by atoms with E-state index in [1.165, 1.54) is 16.0 Å². The van der Waals surface area contributed by atoms with Crippen LogP contribution in [-0.2, 0) is 0 Å². The van der Waals surface area contributed by atoms with Crippen molar-refractivity contribution < 1.29 is 0 Å². The highest BCUT2D eigenvalue weighted by Crippen LogP contribution is 2.21. The fourth-order valence-electron chi connectivity index (χ4n) is 1.87. The van der Waals surface area contributed by atoms with E-state index in [0.29, 0.717) is 6.04 Å². The first-order valence-corrected chi connectivity index (χ1v) is 7.73. The molecular weight excluding hydrogens is 238 g/mol. The van der Waals surface area contributed by atoms with Crippen molar-refractivity contribution >= 4 is 11.8 Å². The Bertz CT molecular complexity index is 373. The van der Waals surface area contributed by atoms with Gasteiger partial charge in [-0.25, -0.2) is 0 Å². The van der Waals surface area contributed by atoms with E-state index < -0.39 is 0 Å². The second-order valence-electron chi connectivity index (χ2n) is 4.69. The van der Waals surface area contributed by atoms with Crippen molar-refractivity contribution in [2.24, 2.45) is 0 Å². The minimum atomic E-state index is 0.535. The van der Waals surface area contributed by atoms with Crippen LogP contribution in [-0.4, -0.2) is 18.3 Å². The van der Waals surface area contributed by atoms with Gasteiger partial charge in [0.1, 0.15) is 0 Å². The molecule has 2 heteroatoms. The largest absolute Gasteiger partial charge is 0.313 e. The number of aryl methyl sites for hydroxylation is 1. The van der Waals surface area contributed by atoms with Crippen LogP contribution >= 0.6 is 11.8 Å². The third-order valence-corrected chi connectivity index (χ3v) is 4.12. The summed E-state index contributed by atoms with van der Waals surface area (Å²) in [6.45, 7) is 11.6. The van der Waals surface area contributed by atoms with Crippen LogP contribution in [0, 0.1) is 6.92 Å². The number of benzene rings is 1. The van der Waals surface area contributed by atoms with E-state index >= 15 is 0 Å². The van der Waals surface area contributed by atoms with Gasteiger partial charge in [-0.15, -0.1) is 11.8 Å². The fraction of sp³-hybridized carbons (Fsp3) is 0.500. The Balaban J connectivity index is 2.48. The fourth-order valence-corrected chi connectivity index (χ4v) is 2.95. The van der Waals surface area contributed by atoms with Crippen LogP contribution in [0.1, 0.15) is 32.3 Å². The van der Waals surface area contributed by atoms with Gasteiger partial charge in [0.25, 0.3) is 0 Å². The Kier molecular flexibility index (Phi) is 7.14. The predicted octanol–water partition coefficient (Wildman–Crippen LogP) is 4.42. The molecule has 1 aromatic carbocycles. The SMILES string of the molecule is C=C(CC)CC(CSc1cccc(C)c1)NCC. The lowest BCUT2D eigenvalue weighted by Gasteiger charge is -2.18. The molecule has 0 saturated heterocycles.